The first-order valence-corrected chi connectivity index (χ1v) is 14.1. The van der Waals surface area contributed by atoms with Crippen molar-refractivity contribution in [3.8, 4) is 0 Å². The lowest BCUT2D eigenvalue weighted by molar-refractivity contribution is -0.132. The highest BCUT2D eigenvalue weighted by Gasteiger charge is 2.37. The van der Waals surface area contributed by atoms with Crippen molar-refractivity contribution >= 4 is 41.5 Å². The Labute approximate surface area is 258 Å². The topological polar surface area (TPSA) is 301 Å². The van der Waals surface area contributed by atoms with Gasteiger partial charge in [-0.15, -0.1) is 0 Å². The Morgan fingerprint density at radius 3 is 2.33 bits per heavy atom. The molecule has 2 heterocycles. The first kappa shape index (κ1) is 34.3. The number of rotatable bonds is 4. The van der Waals surface area contributed by atoms with E-state index in [1.807, 2.05) is 32.0 Å². The average Bonchev–Trinajstić information content (AvgIpc) is 2.99. The summed E-state index contributed by atoms with van der Waals surface area (Å²) in [6, 6.07) is -1.78. The molecule has 2 saturated heterocycles. The van der Waals surface area contributed by atoms with Gasteiger partial charge in [-0.3, -0.25) is 29.4 Å². The van der Waals surface area contributed by atoms with Gasteiger partial charge >= 0.3 is 6.03 Å². The van der Waals surface area contributed by atoms with Crippen LogP contribution in [0.2, 0.25) is 0 Å². The minimum Gasteiger partial charge on any atom is -0.352 e. The highest BCUT2D eigenvalue weighted by molar-refractivity contribution is 6.02. The summed E-state index contributed by atoms with van der Waals surface area (Å²) in [5.74, 6) is -4.41. The quantitative estimate of drug-likeness (QED) is 0.143. The van der Waals surface area contributed by atoms with E-state index in [1.54, 1.807) is 0 Å². The summed E-state index contributed by atoms with van der Waals surface area (Å²) in [6.45, 7) is 4.48. The average molecular weight is 629 g/mol. The normalized spacial score (nSPS) is 28.0. The molecular formula is C27H40N12O6. The number of primary amides is 1. The number of guanidine groups is 1. The predicted molar refractivity (Wildman–Crippen MR) is 162 cm³/mol. The molecule has 2 aliphatic rings. The van der Waals surface area contributed by atoms with E-state index in [4.69, 9.17) is 22.6 Å². The predicted octanol–water partition coefficient (Wildman–Crippen LogP) is -4.25. The lowest BCUT2D eigenvalue weighted by Crippen LogP contribution is -2.65. The van der Waals surface area contributed by atoms with Crippen molar-refractivity contribution in [3.05, 3.63) is 46.8 Å². The Balaban J connectivity index is 2.00. The van der Waals surface area contributed by atoms with Gasteiger partial charge in [-0.1, -0.05) is 18.2 Å². The minimum absolute atomic E-state index is 0.116. The van der Waals surface area contributed by atoms with Gasteiger partial charge in [-0.2, -0.15) is 0 Å². The molecule has 45 heavy (non-hydrogen) atoms. The third kappa shape index (κ3) is 9.13. The SMILES string of the molecule is Cc1ccc(C2CC([C@@H]3NC(=O)/C(=C/NC(N)=O)NC(=O)[C@H](CN)NC(=O)[C@H](C)NC(=O)[C@@H](N)CNC3=O)NC(=N)N2)cc1C. The fourth-order valence-corrected chi connectivity index (χ4v) is 4.61. The Morgan fingerprint density at radius 1 is 0.978 bits per heavy atom. The maximum absolute atomic E-state index is 13.6. The van der Waals surface area contributed by atoms with Crippen molar-refractivity contribution in [2.24, 2.45) is 17.2 Å². The molecule has 2 unspecified atom stereocenters. The summed E-state index contributed by atoms with van der Waals surface area (Å²) < 4.78 is 0. The number of aryl methyl sites for hydroxylation is 2. The van der Waals surface area contributed by atoms with Crippen molar-refractivity contribution in [1.82, 2.24) is 42.5 Å². The molecule has 1 aromatic carbocycles. The van der Waals surface area contributed by atoms with E-state index in [0.29, 0.717) is 0 Å². The van der Waals surface area contributed by atoms with Gasteiger partial charge in [0.25, 0.3) is 5.91 Å². The smallest absolute Gasteiger partial charge is 0.316 e. The molecule has 0 spiro atoms. The van der Waals surface area contributed by atoms with Gasteiger partial charge in [0, 0.05) is 19.3 Å². The van der Waals surface area contributed by atoms with E-state index in [-0.39, 0.29) is 18.9 Å². The fourth-order valence-electron chi connectivity index (χ4n) is 4.61. The molecule has 18 heteroatoms. The summed E-state index contributed by atoms with van der Waals surface area (Å²) in [5, 5.41) is 28.5. The van der Waals surface area contributed by atoms with Crippen LogP contribution in [0.4, 0.5) is 4.79 Å². The Kier molecular flexibility index (Phi) is 11.4. The monoisotopic (exact) mass is 628 g/mol. The first-order chi connectivity index (χ1) is 21.2. The van der Waals surface area contributed by atoms with Crippen molar-refractivity contribution in [2.45, 2.75) is 63.4 Å². The lowest BCUT2D eigenvalue weighted by atomic mass is 9.91. The van der Waals surface area contributed by atoms with Crippen molar-refractivity contribution < 1.29 is 28.8 Å². The zero-order chi connectivity index (χ0) is 33.4. The lowest BCUT2D eigenvalue weighted by Gasteiger charge is -2.37. The zero-order valence-electron chi connectivity index (χ0n) is 25.1. The van der Waals surface area contributed by atoms with E-state index < -0.39 is 84.1 Å². The molecule has 7 amide bonds. The van der Waals surface area contributed by atoms with Gasteiger partial charge in [0.05, 0.1) is 12.1 Å². The Morgan fingerprint density at radius 2 is 1.69 bits per heavy atom. The van der Waals surface area contributed by atoms with Gasteiger partial charge in [-0.25, -0.2) is 4.79 Å². The molecule has 6 atom stereocenters. The molecule has 244 valence electrons. The van der Waals surface area contributed by atoms with Crippen LogP contribution in [0.1, 0.15) is 36.1 Å². The summed E-state index contributed by atoms with van der Waals surface area (Å²) in [6.07, 6.45) is 1.02. The molecular weight excluding hydrogens is 588 g/mol. The second kappa shape index (κ2) is 15.0. The van der Waals surface area contributed by atoms with E-state index in [1.165, 1.54) is 6.92 Å². The molecule has 0 bridgehead atoms. The molecule has 2 aliphatic heterocycles. The number of carbonyl (C=O) groups excluding carboxylic acids is 6. The van der Waals surface area contributed by atoms with Crippen LogP contribution in [-0.4, -0.2) is 84.8 Å². The van der Waals surface area contributed by atoms with E-state index in [2.05, 4.69) is 42.5 Å². The van der Waals surface area contributed by atoms with Crippen LogP contribution in [0, 0.1) is 19.3 Å². The molecule has 18 nitrogen and oxygen atoms in total. The first-order valence-electron chi connectivity index (χ1n) is 14.1. The Bertz CT molecular complexity index is 1400. The van der Waals surface area contributed by atoms with Crippen molar-refractivity contribution in [3.63, 3.8) is 0 Å². The van der Waals surface area contributed by atoms with Gasteiger partial charge in [-0.05, 0) is 43.9 Å². The Hall–Kier alpha value is -5.23. The van der Waals surface area contributed by atoms with Crippen LogP contribution in [-0.2, 0) is 24.0 Å². The number of urea groups is 1. The number of nitrogens with one attached hydrogen (secondary N) is 9. The number of nitrogens with two attached hydrogens (primary N) is 3. The van der Waals surface area contributed by atoms with E-state index >= 15 is 0 Å². The van der Waals surface area contributed by atoms with Crippen LogP contribution in [0.15, 0.2) is 30.1 Å². The molecule has 3 rings (SSSR count). The number of benzene rings is 1. The molecule has 0 saturated carbocycles. The third-order valence-corrected chi connectivity index (χ3v) is 7.36. The third-order valence-electron chi connectivity index (χ3n) is 7.36. The van der Waals surface area contributed by atoms with E-state index in [0.717, 1.165) is 22.9 Å². The van der Waals surface area contributed by atoms with Crippen LogP contribution >= 0.6 is 0 Å². The van der Waals surface area contributed by atoms with Gasteiger partial charge in [0.15, 0.2) is 5.96 Å². The molecule has 0 radical (unpaired) electrons. The van der Waals surface area contributed by atoms with Crippen LogP contribution in [0.5, 0.6) is 0 Å². The highest BCUT2D eigenvalue weighted by atomic mass is 16.2. The number of hydrogen-bond acceptors (Lipinski definition) is 9. The van der Waals surface area contributed by atoms with Gasteiger partial charge in [0.1, 0.15) is 29.9 Å². The number of hydrogen-bond donors (Lipinski definition) is 12. The molecule has 2 fully saturated rings. The zero-order valence-corrected chi connectivity index (χ0v) is 25.1. The highest BCUT2D eigenvalue weighted by Crippen LogP contribution is 2.25. The number of carbonyl (C=O) groups is 6. The second-order valence-electron chi connectivity index (χ2n) is 10.8. The summed E-state index contributed by atoms with van der Waals surface area (Å²) in [7, 11) is 0. The minimum atomic E-state index is -1.39. The van der Waals surface area contributed by atoms with Crippen LogP contribution in [0.25, 0.3) is 0 Å². The standard InChI is InChI=1S/C27H40N12O6/c1-11-4-5-14(6-12(11)2)16-7-17(38-26(30)37-16)20-25(44)32-9-15(29)22(41)34-13(3)21(40)35-18(8-28)23(42)36-19(24(43)39-20)10-33-27(31)45/h4-6,10,13,15-18,20H,7-9,28-29H2,1-3H3,(H,32,44)(H,34,41)(H,35,40)(H,36,42)(H,39,43)(H3,30,37,38)(H3,31,33,45)/b19-10-/t13-,15-,16?,17?,18-,20-/m0/s1. The molecule has 0 aliphatic carbocycles. The fraction of sp³-hybridized carbons (Fsp3) is 0.444. The summed E-state index contributed by atoms with van der Waals surface area (Å²) >= 11 is 0. The van der Waals surface area contributed by atoms with E-state index in [9.17, 15) is 28.8 Å². The van der Waals surface area contributed by atoms with Crippen LogP contribution in [0.3, 0.4) is 0 Å². The molecule has 0 aromatic heterocycles. The van der Waals surface area contributed by atoms with Crippen molar-refractivity contribution in [2.75, 3.05) is 13.1 Å². The van der Waals surface area contributed by atoms with Gasteiger partial charge < -0.3 is 59.7 Å². The molecule has 1 aromatic rings. The number of amides is 7. The largest absolute Gasteiger partial charge is 0.352 e. The van der Waals surface area contributed by atoms with Crippen molar-refractivity contribution in [1.29, 1.82) is 5.41 Å². The summed E-state index contributed by atoms with van der Waals surface area (Å²) in [5.41, 5.74) is 19.2. The maximum Gasteiger partial charge on any atom is 0.316 e. The second-order valence-corrected chi connectivity index (χ2v) is 10.8. The van der Waals surface area contributed by atoms with Crippen LogP contribution < -0.4 is 59.7 Å². The summed E-state index contributed by atoms with van der Waals surface area (Å²) in [4.78, 5) is 76.9. The van der Waals surface area contributed by atoms with Gasteiger partial charge in [0.2, 0.25) is 23.6 Å². The maximum atomic E-state index is 13.6. The molecule has 15 N–H and O–H groups in total.